The Morgan fingerprint density at radius 1 is 1.62 bits per heavy atom. The maximum Gasteiger partial charge on any atom is 0.267 e. The Morgan fingerprint density at radius 2 is 2.50 bits per heavy atom. The van der Waals surface area contributed by atoms with E-state index in [2.05, 4.69) is 21.8 Å². The molecule has 2 fully saturated rings. The third kappa shape index (κ3) is 1.44. The van der Waals surface area contributed by atoms with Gasteiger partial charge in [0.1, 0.15) is 4.88 Å². The first-order valence-electron chi connectivity index (χ1n) is 5.56. The second-order valence-electron chi connectivity index (χ2n) is 4.56. The number of amides is 1. The van der Waals surface area contributed by atoms with Crippen molar-refractivity contribution >= 4 is 17.4 Å². The molecule has 6 heteroatoms. The zero-order chi connectivity index (χ0) is 11.1. The topological polar surface area (TPSA) is 58.1 Å². The molecular formula is C10H14N4OS. The van der Waals surface area contributed by atoms with Gasteiger partial charge < -0.3 is 10.2 Å². The van der Waals surface area contributed by atoms with Crippen molar-refractivity contribution in [1.82, 2.24) is 19.8 Å². The Morgan fingerprint density at radius 3 is 3.19 bits per heavy atom. The summed E-state index contributed by atoms with van der Waals surface area (Å²) in [6.45, 7) is 5.09. The fraction of sp³-hybridized carbons (Fsp3) is 0.700. The average molecular weight is 238 g/mol. The van der Waals surface area contributed by atoms with Crippen LogP contribution in [0, 0.1) is 11.8 Å². The summed E-state index contributed by atoms with van der Waals surface area (Å²) in [5.74, 6) is 1.33. The molecule has 1 amide bonds. The summed E-state index contributed by atoms with van der Waals surface area (Å²) in [6, 6.07) is 0.328. The van der Waals surface area contributed by atoms with E-state index in [-0.39, 0.29) is 5.91 Å². The van der Waals surface area contributed by atoms with Gasteiger partial charge in [-0.3, -0.25) is 4.79 Å². The van der Waals surface area contributed by atoms with Crippen LogP contribution in [-0.4, -0.2) is 46.1 Å². The van der Waals surface area contributed by atoms with Crippen LogP contribution in [0.4, 0.5) is 0 Å². The van der Waals surface area contributed by atoms with Gasteiger partial charge in [0.2, 0.25) is 0 Å². The molecule has 3 rings (SSSR count). The van der Waals surface area contributed by atoms with Crippen LogP contribution < -0.4 is 5.32 Å². The van der Waals surface area contributed by atoms with Gasteiger partial charge in [-0.15, -0.1) is 5.10 Å². The Balaban J connectivity index is 1.79. The van der Waals surface area contributed by atoms with Crippen molar-refractivity contribution in [2.24, 2.45) is 11.8 Å². The number of aromatic nitrogens is 2. The second-order valence-corrected chi connectivity index (χ2v) is 5.35. The van der Waals surface area contributed by atoms with Crippen molar-refractivity contribution in [3.63, 3.8) is 0 Å². The molecule has 1 N–H and O–H groups in total. The van der Waals surface area contributed by atoms with Crippen LogP contribution in [0.1, 0.15) is 16.6 Å². The van der Waals surface area contributed by atoms with E-state index in [0.29, 0.717) is 22.8 Å². The van der Waals surface area contributed by atoms with Crippen molar-refractivity contribution in [2.45, 2.75) is 13.0 Å². The Hall–Kier alpha value is -1.01. The quantitative estimate of drug-likeness (QED) is 0.760. The van der Waals surface area contributed by atoms with E-state index in [1.54, 1.807) is 6.20 Å². The van der Waals surface area contributed by atoms with Gasteiger partial charge in [0.15, 0.2) is 0 Å². The first-order valence-corrected chi connectivity index (χ1v) is 6.33. The zero-order valence-corrected chi connectivity index (χ0v) is 9.91. The van der Waals surface area contributed by atoms with E-state index >= 15 is 0 Å². The summed E-state index contributed by atoms with van der Waals surface area (Å²) in [5, 5.41) is 7.11. The number of hydrogen-bond donors (Lipinski definition) is 1. The molecule has 2 aliphatic heterocycles. The first kappa shape index (κ1) is 10.2. The molecule has 2 aliphatic rings. The summed E-state index contributed by atoms with van der Waals surface area (Å²) < 4.78 is 3.74. The molecule has 16 heavy (non-hydrogen) atoms. The van der Waals surface area contributed by atoms with Crippen LogP contribution >= 0.6 is 11.5 Å². The van der Waals surface area contributed by atoms with E-state index in [4.69, 9.17) is 0 Å². The van der Waals surface area contributed by atoms with Gasteiger partial charge in [0.25, 0.3) is 5.91 Å². The van der Waals surface area contributed by atoms with Gasteiger partial charge in [0, 0.05) is 25.7 Å². The fourth-order valence-electron chi connectivity index (χ4n) is 2.84. The summed E-state index contributed by atoms with van der Waals surface area (Å²) in [7, 11) is 0. The predicted octanol–water partition coefficient (Wildman–Crippen LogP) is 0.218. The lowest BCUT2D eigenvalue weighted by Crippen LogP contribution is -2.37. The molecule has 1 aromatic rings. The maximum absolute atomic E-state index is 12.2. The lowest BCUT2D eigenvalue weighted by atomic mass is 9.95. The molecular weight excluding hydrogens is 224 g/mol. The fourth-order valence-corrected chi connectivity index (χ4v) is 3.31. The van der Waals surface area contributed by atoms with Crippen LogP contribution in [0.2, 0.25) is 0 Å². The van der Waals surface area contributed by atoms with Crippen LogP contribution in [0.3, 0.4) is 0 Å². The van der Waals surface area contributed by atoms with Crippen molar-refractivity contribution < 1.29 is 4.79 Å². The van der Waals surface area contributed by atoms with E-state index in [1.807, 2.05) is 4.90 Å². The molecule has 5 nitrogen and oxygen atoms in total. The highest BCUT2D eigenvalue weighted by Crippen LogP contribution is 2.33. The summed E-state index contributed by atoms with van der Waals surface area (Å²) in [4.78, 5) is 14.8. The smallest absolute Gasteiger partial charge is 0.267 e. The van der Waals surface area contributed by atoms with E-state index in [0.717, 1.165) is 19.6 Å². The number of nitrogens with zero attached hydrogens (tertiary/aromatic N) is 3. The molecule has 3 unspecified atom stereocenters. The van der Waals surface area contributed by atoms with Crippen LogP contribution in [-0.2, 0) is 0 Å². The zero-order valence-electron chi connectivity index (χ0n) is 9.09. The van der Waals surface area contributed by atoms with Gasteiger partial charge >= 0.3 is 0 Å². The number of fused-ring (bicyclic) bond motifs is 1. The van der Waals surface area contributed by atoms with E-state index in [1.165, 1.54) is 11.5 Å². The minimum atomic E-state index is 0.0944. The van der Waals surface area contributed by atoms with Gasteiger partial charge in [-0.2, -0.15) is 0 Å². The highest BCUT2D eigenvalue weighted by molar-refractivity contribution is 7.07. The van der Waals surface area contributed by atoms with Gasteiger partial charge in [-0.1, -0.05) is 4.49 Å². The van der Waals surface area contributed by atoms with E-state index in [9.17, 15) is 4.79 Å². The number of likely N-dealkylation sites (tertiary alicyclic amines) is 1. The second kappa shape index (κ2) is 3.78. The highest BCUT2D eigenvalue weighted by Gasteiger charge is 2.44. The molecule has 0 aliphatic carbocycles. The monoisotopic (exact) mass is 238 g/mol. The van der Waals surface area contributed by atoms with Crippen LogP contribution in [0.15, 0.2) is 6.20 Å². The summed E-state index contributed by atoms with van der Waals surface area (Å²) in [5.41, 5.74) is 0. The SMILES string of the molecule is CC1C2CNCC2CN1C(=O)c1cnns1. The highest BCUT2D eigenvalue weighted by atomic mass is 32.1. The molecule has 3 atom stereocenters. The third-order valence-electron chi connectivity index (χ3n) is 3.77. The molecule has 0 aromatic carbocycles. The lowest BCUT2D eigenvalue weighted by Gasteiger charge is -2.23. The number of carbonyl (C=O) groups excluding carboxylic acids is 1. The van der Waals surface area contributed by atoms with Gasteiger partial charge in [0.05, 0.1) is 6.20 Å². The van der Waals surface area contributed by atoms with Crippen LogP contribution in [0.25, 0.3) is 0 Å². The van der Waals surface area contributed by atoms with Gasteiger partial charge in [-0.25, -0.2) is 0 Å². The lowest BCUT2D eigenvalue weighted by molar-refractivity contribution is 0.0733. The molecule has 2 saturated heterocycles. The van der Waals surface area contributed by atoms with Gasteiger partial charge in [-0.05, 0) is 30.3 Å². The van der Waals surface area contributed by atoms with Crippen molar-refractivity contribution in [3.8, 4) is 0 Å². The molecule has 0 radical (unpaired) electrons. The molecule has 0 saturated carbocycles. The van der Waals surface area contributed by atoms with E-state index < -0.39 is 0 Å². The molecule has 0 bridgehead atoms. The van der Waals surface area contributed by atoms with Crippen molar-refractivity contribution in [3.05, 3.63) is 11.1 Å². The predicted molar refractivity (Wildman–Crippen MR) is 60.3 cm³/mol. The Bertz CT molecular complexity index is 394. The van der Waals surface area contributed by atoms with Crippen molar-refractivity contribution in [2.75, 3.05) is 19.6 Å². The molecule has 0 spiro atoms. The molecule has 1 aromatic heterocycles. The number of rotatable bonds is 1. The largest absolute Gasteiger partial charge is 0.334 e. The van der Waals surface area contributed by atoms with Crippen molar-refractivity contribution in [1.29, 1.82) is 0 Å². The molecule has 86 valence electrons. The number of carbonyl (C=O) groups is 1. The normalized spacial score (nSPS) is 33.1. The minimum absolute atomic E-state index is 0.0944. The average Bonchev–Trinajstić information content (AvgIpc) is 2.95. The standard InChI is InChI=1S/C10H14N4OS/c1-6-8-3-11-2-7(8)5-14(6)10(15)9-4-12-13-16-9/h4,6-8,11H,2-3,5H2,1H3. The maximum atomic E-state index is 12.2. The van der Waals surface area contributed by atoms with Crippen LogP contribution in [0.5, 0.6) is 0 Å². The first-order chi connectivity index (χ1) is 7.77. The number of nitrogens with one attached hydrogen (secondary N) is 1. The number of hydrogen-bond acceptors (Lipinski definition) is 5. The minimum Gasteiger partial charge on any atom is -0.334 e. The Labute approximate surface area is 98.0 Å². The Kier molecular flexibility index (Phi) is 2.40. The molecule has 3 heterocycles. The third-order valence-corrected chi connectivity index (χ3v) is 4.42. The summed E-state index contributed by atoms with van der Waals surface area (Å²) in [6.07, 6.45) is 1.56. The summed E-state index contributed by atoms with van der Waals surface area (Å²) >= 11 is 1.18.